The number of benzene rings is 1. The molecule has 1 atom stereocenters. The number of nitrogens with zero attached hydrogens (tertiary/aromatic N) is 2. The summed E-state index contributed by atoms with van der Waals surface area (Å²) >= 11 is 0. The summed E-state index contributed by atoms with van der Waals surface area (Å²) < 4.78 is 32.5. The first-order chi connectivity index (χ1) is 11.9. The molecule has 0 spiro atoms. The molecule has 0 bridgehead atoms. The lowest BCUT2D eigenvalue weighted by Crippen LogP contribution is -2.49. The first kappa shape index (κ1) is 18.2. The van der Waals surface area contributed by atoms with Gasteiger partial charge in [-0.2, -0.15) is 4.31 Å². The van der Waals surface area contributed by atoms with Crippen molar-refractivity contribution in [2.75, 3.05) is 26.2 Å². The Morgan fingerprint density at radius 1 is 0.920 bits per heavy atom. The zero-order chi connectivity index (χ0) is 18.0. The van der Waals surface area contributed by atoms with E-state index in [1.165, 1.54) is 0 Å². The van der Waals surface area contributed by atoms with Crippen molar-refractivity contribution in [1.82, 2.24) is 9.21 Å². The predicted octanol–water partition coefficient (Wildman–Crippen LogP) is 3.47. The van der Waals surface area contributed by atoms with Crippen molar-refractivity contribution in [2.24, 2.45) is 0 Å². The summed E-state index contributed by atoms with van der Waals surface area (Å²) in [6.45, 7) is 8.78. The molecule has 0 radical (unpaired) electrons. The van der Waals surface area contributed by atoms with Gasteiger partial charge in [-0.15, -0.1) is 0 Å². The van der Waals surface area contributed by atoms with E-state index in [2.05, 4.69) is 25.7 Å². The van der Waals surface area contributed by atoms with E-state index in [1.807, 2.05) is 18.2 Å². The molecule has 1 aromatic heterocycles. The van der Waals surface area contributed by atoms with Crippen molar-refractivity contribution in [3.05, 3.63) is 54.0 Å². The van der Waals surface area contributed by atoms with Gasteiger partial charge in [0.15, 0.2) is 0 Å². The molecule has 25 heavy (non-hydrogen) atoms. The highest BCUT2D eigenvalue weighted by Crippen LogP contribution is 2.25. The quantitative estimate of drug-likeness (QED) is 0.817. The van der Waals surface area contributed by atoms with Crippen LogP contribution in [0, 0.1) is 0 Å². The molecule has 1 saturated heterocycles. The molecular weight excluding hydrogens is 336 g/mol. The second-order valence-electron chi connectivity index (χ2n) is 6.90. The van der Waals surface area contributed by atoms with E-state index in [-0.39, 0.29) is 6.04 Å². The van der Waals surface area contributed by atoms with Crippen molar-refractivity contribution in [3.8, 4) is 0 Å². The van der Waals surface area contributed by atoms with Crippen LogP contribution in [-0.4, -0.2) is 43.8 Å². The summed E-state index contributed by atoms with van der Waals surface area (Å²) in [7, 11) is -3.42. The van der Waals surface area contributed by atoms with E-state index in [1.54, 1.807) is 29.0 Å². The first-order valence-corrected chi connectivity index (χ1v) is 10.2. The fraction of sp³-hybridized carbons (Fsp3) is 0.474. The Bertz CT molecular complexity index is 775. The summed E-state index contributed by atoms with van der Waals surface area (Å²) in [6.07, 6.45) is 3.43. The minimum absolute atomic E-state index is 0.230. The van der Waals surface area contributed by atoms with Gasteiger partial charge in [0.2, 0.25) is 10.0 Å². The maximum absolute atomic E-state index is 12.9. The van der Waals surface area contributed by atoms with Gasteiger partial charge in [-0.3, -0.25) is 4.90 Å². The monoisotopic (exact) mass is 362 g/mol. The van der Waals surface area contributed by atoms with Crippen molar-refractivity contribution in [2.45, 2.75) is 37.6 Å². The van der Waals surface area contributed by atoms with Crippen LogP contribution in [0.25, 0.3) is 0 Å². The van der Waals surface area contributed by atoms with Crippen LogP contribution in [-0.2, 0) is 10.0 Å². The summed E-state index contributed by atoms with van der Waals surface area (Å²) in [6, 6.07) is 9.47. The van der Waals surface area contributed by atoms with Crippen LogP contribution < -0.4 is 0 Å². The molecule has 2 aromatic rings. The Hall–Kier alpha value is -1.63. The molecule has 0 aliphatic carbocycles. The average Bonchev–Trinajstić information content (AvgIpc) is 3.16. The zero-order valence-corrected chi connectivity index (χ0v) is 15.9. The normalized spacial score (nSPS) is 18.6. The lowest BCUT2D eigenvalue weighted by molar-refractivity contribution is 0.145. The highest BCUT2D eigenvalue weighted by molar-refractivity contribution is 7.89. The molecule has 1 aliphatic rings. The van der Waals surface area contributed by atoms with Crippen LogP contribution in [0.15, 0.2) is 52.2 Å². The van der Waals surface area contributed by atoms with E-state index in [0.717, 1.165) is 24.2 Å². The molecule has 0 amide bonds. The maximum atomic E-state index is 12.9. The van der Waals surface area contributed by atoms with Crippen molar-refractivity contribution in [1.29, 1.82) is 0 Å². The summed E-state index contributed by atoms with van der Waals surface area (Å²) in [5, 5.41) is 0. The van der Waals surface area contributed by atoms with Gasteiger partial charge in [-0.25, -0.2) is 8.42 Å². The molecule has 0 N–H and O–H groups in total. The van der Waals surface area contributed by atoms with Gasteiger partial charge >= 0.3 is 0 Å². The maximum Gasteiger partial charge on any atom is 0.243 e. The molecule has 1 aromatic carbocycles. The van der Waals surface area contributed by atoms with E-state index >= 15 is 0 Å². The minimum Gasteiger partial charge on any atom is -0.472 e. The standard InChI is InChI=1S/C19H26N2O3S/c1-15(2)17-4-6-19(7-5-17)25(22,23)21-11-9-20(10-12-21)16(3)18-8-13-24-14-18/h4-8,13-16H,9-12H2,1-3H3/t16-/m1/s1. The molecule has 6 heteroatoms. The topological polar surface area (TPSA) is 53.8 Å². The van der Waals surface area contributed by atoms with Crippen LogP contribution >= 0.6 is 0 Å². The molecular formula is C19H26N2O3S. The molecule has 136 valence electrons. The van der Waals surface area contributed by atoms with Gasteiger partial charge in [-0.05, 0) is 36.6 Å². The van der Waals surface area contributed by atoms with Crippen molar-refractivity contribution < 1.29 is 12.8 Å². The number of piperazine rings is 1. The Morgan fingerprint density at radius 2 is 1.56 bits per heavy atom. The van der Waals surface area contributed by atoms with E-state index in [9.17, 15) is 8.42 Å². The summed E-state index contributed by atoms with van der Waals surface area (Å²) in [4.78, 5) is 2.67. The molecule has 1 fully saturated rings. The average molecular weight is 362 g/mol. The Balaban J connectivity index is 1.67. The highest BCUT2D eigenvalue weighted by atomic mass is 32.2. The molecule has 5 nitrogen and oxygen atoms in total. The molecule has 1 aliphatic heterocycles. The lowest BCUT2D eigenvalue weighted by atomic mass is 10.0. The summed E-state index contributed by atoms with van der Waals surface area (Å²) in [5.74, 6) is 0.393. The second-order valence-corrected chi connectivity index (χ2v) is 8.83. The molecule has 0 saturated carbocycles. The van der Waals surface area contributed by atoms with Gasteiger partial charge < -0.3 is 4.42 Å². The number of hydrogen-bond donors (Lipinski definition) is 0. The fourth-order valence-electron chi connectivity index (χ4n) is 3.23. The van der Waals surface area contributed by atoms with E-state index in [0.29, 0.717) is 23.9 Å². The van der Waals surface area contributed by atoms with E-state index < -0.39 is 10.0 Å². The SMILES string of the molecule is CC(C)c1ccc(S(=O)(=O)N2CCN([C@H](C)c3ccoc3)CC2)cc1. The smallest absolute Gasteiger partial charge is 0.243 e. The van der Waals surface area contributed by atoms with Crippen LogP contribution in [0.4, 0.5) is 0 Å². The Kier molecular flexibility index (Phi) is 5.32. The van der Waals surface area contributed by atoms with Gasteiger partial charge in [0.25, 0.3) is 0 Å². The predicted molar refractivity (Wildman–Crippen MR) is 98.0 cm³/mol. The summed E-state index contributed by atoms with van der Waals surface area (Å²) in [5.41, 5.74) is 2.28. The first-order valence-electron chi connectivity index (χ1n) is 8.76. The third-order valence-corrected chi connectivity index (χ3v) is 6.94. The van der Waals surface area contributed by atoms with Crippen LogP contribution in [0.2, 0.25) is 0 Å². The lowest BCUT2D eigenvalue weighted by Gasteiger charge is -2.37. The van der Waals surface area contributed by atoms with Gasteiger partial charge in [-0.1, -0.05) is 26.0 Å². The molecule has 0 unspecified atom stereocenters. The van der Waals surface area contributed by atoms with Crippen molar-refractivity contribution >= 4 is 10.0 Å². The largest absolute Gasteiger partial charge is 0.472 e. The minimum atomic E-state index is -3.42. The number of hydrogen-bond acceptors (Lipinski definition) is 4. The van der Waals surface area contributed by atoms with E-state index in [4.69, 9.17) is 4.42 Å². The third kappa shape index (κ3) is 3.81. The van der Waals surface area contributed by atoms with Gasteiger partial charge in [0.05, 0.1) is 17.4 Å². The zero-order valence-electron chi connectivity index (χ0n) is 15.1. The van der Waals surface area contributed by atoms with Crippen molar-refractivity contribution in [3.63, 3.8) is 0 Å². The number of sulfonamides is 1. The highest BCUT2D eigenvalue weighted by Gasteiger charge is 2.30. The third-order valence-electron chi connectivity index (χ3n) is 5.03. The Morgan fingerprint density at radius 3 is 2.08 bits per heavy atom. The second kappa shape index (κ2) is 7.32. The van der Waals surface area contributed by atoms with Crippen LogP contribution in [0.3, 0.4) is 0 Å². The van der Waals surface area contributed by atoms with Crippen LogP contribution in [0.1, 0.15) is 43.9 Å². The fourth-order valence-corrected chi connectivity index (χ4v) is 4.65. The number of rotatable bonds is 5. The van der Waals surface area contributed by atoms with Gasteiger partial charge in [0.1, 0.15) is 0 Å². The van der Waals surface area contributed by atoms with Gasteiger partial charge in [0, 0.05) is 37.8 Å². The Labute approximate surface area is 150 Å². The van der Waals surface area contributed by atoms with Crippen LogP contribution in [0.5, 0.6) is 0 Å². The molecule has 2 heterocycles. The number of furan rings is 1. The molecule has 3 rings (SSSR count).